The van der Waals surface area contributed by atoms with Crippen LogP contribution in [0.5, 0.6) is 11.5 Å². The number of piperidine rings is 1. The summed E-state index contributed by atoms with van der Waals surface area (Å²) in [7, 11) is 0. The number of piperazine rings is 1. The first-order chi connectivity index (χ1) is 16.5. The van der Waals surface area contributed by atoms with Gasteiger partial charge >= 0.3 is 0 Å². The van der Waals surface area contributed by atoms with E-state index in [1.165, 1.54) is 16.7 Å². The van der Waals surface area contributed by atoms with Gasteiger partial charge in [-0.15, -0.1) is 0 Å². The molecule has 3 aromatic carbocycles. The number of hydrogen-bond donors (Lipinski definition) is 1. The van der Waals surface area contributed by atoms with E-state index in [9.17, 15) is 5.11 Å². The molecular formula is C30H36N2O2. The summed E-state index contributed by atoms with van der Waals surface area (Å²) in [5.74, 6) is 1.85. The zero-order valence-corrected chi connectivity index (χ0v) is 20.4. The summed E-state index contributed by atoms with van der Waals surface area (Å²) < 4.78 is 6.06. The van der Waals surface area contributed by atoms with Gasteiger partial charge in [0.15, 0.2) is 0 Å². The second kappa shape index (κ2) is 9.81. The van der Waals surface area contributed by atoms with Crippen molar-refractivity contribution in [3.63, 3.8) is 0 Å². The summed E-state index contributed by atoms with van der Waals surface area (Å²) in [6, 6.07) is 27.3. The number of phenols is 1. The lowest BCUT2D eigenvalue weighted by molar-refractivity contribution is -0.00559. The first-order valence-corrected chi connectivity index (χ1v) is 12.5. The number of hydrogen-bond acceptors (Lipinski definition) is 4. The van der Waals surface area contributed by atoms with Crippen molar-refractivity contribution in [2.45, 2.75) is 44.9 Å². The van der Waals surface area contributed by atoms with E-state index >= 15 is 0 Å². The van der Waals surface area contributed by atoms with Crippen LogP contribution in [0.25, 0.3) is 0 Å². The normalized spacial score (nSPS) is 25.6. The Morgan fingerprint density at radius 2 is 1.71 bits per heavy atom. The fraction of sp³-hybridized carbons (Fsp3) is 0.400. The van der Waals surface area contributed by atoms with E-state index in [1.54, 1.807) is 6.07 Å². The molecule has 0 unspecified atom stereocenters. The molecule has 34 heavy (non-hydrogen) atoms. The molecule has 3 atom stereocenters. The fourth-order valence-corrected chi connectivity index (χ4v) is 5.78. The number of phenolic OH excluding ortho intramolecular Hbond substituents is 1. The van der Waals surface area contributed by atoms with Crippen LogP contribution in [0.4, 0.5) is 0 Å². The van der Waals surface area contributed by atoms with Gasteiger partial charge in [0.2, 0.25) is 0 Å². The number of fused-ring (bicyclic) bond motifs is 1. The smallest absolute Gasteiger partial charge is 0.120 e. The summed E-state index contributed by atoms with van der Waals surface area (Å²) in [6.07, 6.45) is 1.12. The zero-order valence-electron chi connectivity index (χ0n) is 20.4. The van der Waals surface area contributed by atoms with E-state index in [2.05, 4.69) is 60.0 Å². The van der Waals surface area contributed by atoms with Gasteiger partial charge in [0, 0.05) is 38.8 Å². The molecule has 0 spiro atoms. The maximum atomic E-state index is 10.1. The highest BCUT2D eigenvalue weighted by Crippen LogP contribution is 2.43. The van der Waals surface area contributed by atoms with Crippen molar-refractivity contribution in [1.82, 2.24) is 9.80 Å². The summed E-state index contributed by atoms with van der Waals surface area (Å²) in [6.45, 7) is 10.7. The maximum absolute atomic E-state index is 10.1. The van der Waals surface area contributed by atoms with Crippen LogP contribution in [0.2, 0.25) is 0 Å². The van der Waals surface area contributed by atoms with Crippen molar-refractivity contribution in [1.29, 1.82) is 0 Å². The van der Waals surface area contributed by atoms with Crippen LogP contribution < -0.4 is 4.74 Å². The molecule has 4 nitrogen and oxygen atoms in total. The van der Waals surface area contributed by atoms with Crippen molar-refractivity contribution in [2.24, 2.45) is 5.92 Å². The summed E-state index contributed by atoms with van der Waals surface area (Å²) in [4.78, 5) is 5.28. The first-order valence-electron chi connectivity index (χ1n) is 12.5. The van der Waals surface area contributed by atoms with E-state index in [-0.39, 0.29) is 5.41 Å². The van der Waals surface area contributed by atoms with Crippen LogP contribution in [0.1, 0.15) is 37.0 Å². The van der Waals surface area contributed by atoms with Crippen LogP contribution in [-0.2, 0) is 18.6 Å². The maximum Gasteiger partial charge on any atom is 0.120 e. The molecule has 178 valence electrons. The van der Waals surface area contributed by atoms with Gasteiger partial charge < -0.3 is 9.84 Å². The minimum Gasteiger partial charge on any atom is -0.508 e. The van der Waals surface area contributed by atoms with Crippen LogP contribution in [0, 0.1) is 5.92 Å². The molecule has 0 aromatic heterocycles. The van der Waals surface area contributed by atoms with Crippen molar-refractivity contribution in [2.75, 3.05) is 26.2 Å². The van der Waals surface area contributed by atoms with Crippen LogP contribution in [-0.4, -0.2) is 47.1 Å². The third-order valence-corrected chi connectivity index (χ3v) is 8.00. The van der Waals surface area contributed by atoms with Gasteiger partial charge in [-0.2, -0.15) is 0 Å². The van der Waals surface area contributed by atoms with Crippen molar-refractivity contribution in [3.05, 3.63) is 95.6 Å². The Hall–Kier alpha value is -2.82. The summed E-state index contributed by atoms with van der Waals surface area (Å²) in [5, 5.41) is 10.1. The van der Waals surface area contributed by atoms with Gasteiger partial charge in [0.05, 0.1) is 0 Å². The Morgan fingerprint density at radius 3 is 2.53 bits per heavy atom. The van der Waals surface area contributed by atoms with Gasteiger partial charge in [0.1, 0.15) is 18.1 Å². The standard InChI is InChI=1S/C30H36N2O2/c1-23-19-32-15-14-31(21-27(32)18-30(23,2)26-11-7-12-28(33)17-26)20-25-10-6-13-29(16-25)34-22-24-8-4-3-5-9-24/h3-13,16-17,23,27,33H,14-15,18-22H2,1-2H3/t23-,27+,30+/m0/s1. The third-order valence-electron chi connectivity index (χ3n) is 8.00. The van der Waals surface area contributed by atoms with Crippen molar-refractivity contribution < 1.29 is 9.84 Å². The predicted molar refractivity (Wildman–Crippen MR) is 137 cm³/mol. The number of benzene rings is 3. The van der Waals surface area contributed by atoms with Gasteiger partial charge in [-0.05, 0) is 58.7 Å². The Kier molecular flexibility index (Phi) is 6.62. The molecule has 0 bridgehead atoms. The van der Waals surface area contributed by atoms with E-state index in [4.69, 9.17) is 4.74 Å². The average Bonchev–Trinajstić information content (AvgIpc) is 2.85. The highest BCUT2D eigenvalue weighted by Gasteiger charge is 2.44. The molecule has 2 aliphatic rings. The van der Waals surface area contributed by atoms with Gasteiger partial charge in [-0.3, -0.25) is 9.80 Å². The Balaban J connectivity index is 1.23. The number of rotatable bonds is 6. The molecule has 2 fully saturated rings. The molecule has 5 rings (SSSR count). The lowest BCUT2D eigenvalue weighted by atomic mass is 9.65. The van der Waals surface area contributed by atoms with E-state index < -0.39 is 0 Å². The molecule has 0 saturated carbocycles. The molecule has 1 N–H and O–H groups in total. The molecule has 0 amide bonds. The highest BCUT2D eigenvalue weighted by atomic mass is 16.5. The summed E-state index contributed by atoms with van der Waals surface area (Å²) in [5.41, 5.74) is 3.83. The van der Waals surface area contributed by atoms with Gasteiger partial charge in [0.25, 0.3) is 0 Å². The zero-order chi connectivity index (χ0) is 23.5. The van der Waals surface area contributed by atoms with Crippen molar-refractivity contribution in [3.8, 4) is 11.5 Å². The molecule has 2 heterocycles. The van der Waals surface area contributed by atoms with Gasteiger partial charge in [-0.25, -0.2) is 0 Å². The number of nitrogens with zero attached hydrogens (tertiary/aromatic N) is 2. The minimum atomic E-state index is 0.0775. The fourth-order valence-electron chi connectivity index (χ4n) is 5.78. The molecule has 2 saturated heterocycles. The SMILES string of the molecule is C[C@H]1CN2CCN(Cc3cccc(OCc4ccccc4)c3)C[C@H]2C[C@@]1(C)c1cccc(O)c1. The second-order valence-electron chi connectivity index (χ2n) is 10.4. The van der Waals surface area contributed by atoms with E-state index in [0.29, 0.717) is 24.3 Å². The van der Waals surface area contributed by atoms with Crippen molar-refractivity contribution >= 4 is 0 Å². The van der Waals surface area contributed by atoms with Crippen LogP contribution in [0.3, 0.4) is 0 Å². The monoisotopic (exact) mass is 456 g/mol. The molecule has 0 aliphatic carbocycles. The first kappa shape index (κ1) is 22.9. The quantitative estimate of drug-likeness (QED) is 0.535. The largest absolute Gasteiger partial charge is 0.508 e. The molecule has 0 radical (unpaired) electrons. The van der Waals surface area contributed by atoms with E-state index in [1.807, 2.05) is 36.4 Å². The highest BCUT2D eigenvalue weighted by molar-refractivity contribution is 5.34. The Morgan fingerprint density at radius 1 is 0.912 bits per heavy atom. The molecule has 3 aromatic rings. The average molecular weight is 457 g/mol. The third kappa shape index (κ3) is 4.98. The lowest BCUT2D eigenvalue weighted by Gasteiger charge is -2.53. The lowest BCUT2D eigenvalue weighted by Crippen LogP contribution is -2.60. The topological polar surface area (TPSA) is 35.9 Å². The predicted octanol–water partition coefficient (Wildman–Crippen LogP) is 5.46. The van der Waals surface area contributed by atoms with Gasteiger partial charge in [-0.1, -0.05) is 68.4 Å². The summed E-state index contributed by atoms with van der Waals surface area (Å²) >= 11 is 0. The minimum absolute atomic E-state index is 0.0775. The molecular weight excluding hydrogens is 420 g/mol. The molecule has 4 heteroatoms. The Bertz CT molecular complexity index is 1100. The molecule has 2 aliphatic heterocycles. The van der Waals surface area contributed by atoms with Crippen LogP contribution >= 0.6 is 0 Å². The van der Waals surface area contributed by atoms with Crippen LogP contribution in [0.15, 0.2) is 78.9 Å². The van der Waals surface area contributed by atoms with E-state index in [0.717, 1.165) is 44.9 Å². The number of ether oxygens (including phenoxy) is 1. The Labute approximate surface area is 203 Å². The second-order valence-corrected chi connectivity index (χ2v) is 10.4. The number of aromatic hydroxyl groups is 1.